The molecule has 0 atom stereocenters. The zero-order valence-corrected chi connectivity index (χ0v) is 11.3. The van der Waals surface area contributed by atoms with Crippen molar-refractivity contribution in [3.05, 3.63) is 45.4 Å². The number of hydrogen-bond acceptors (Lipinski definition) is 7. The van der Waals surface area contributed by atoms with Crippen LogP contribution in [0.1, 0.15) is 5.56 Å². The molecule has 0 saturated heterocycles. The Morgan fingerprint density at radius 2 is 2.14 bits per heavy atom. The zero-order chi connectivity index (χ0) is 14.8. The molecule has 0 aliphatic carbocycles. The maximum Gasteiger partial charge on any atom is 0.348 e. The van der Waals surface area contributed by atoms with Crippen LogP contribution in [0.4, 0.5) is 11.5 Å². The molecule has 0 radical (unpaired) electrons. The highest BCUT2D eigenvalue weighted by atomic mass is 35.5. The number of hydrogen-bond donors (Lipinski definition) is 1. The first-order chi connectivity index (χ1) is 10.1. The number of nitrogens with one attached hydrogen (secondary N) is 1. The van der Waals surface area contributed by atoms with Crippen LogP contribution in [0.3, 0.4) is 0 Å². The molecule has 9 heteroatoms. The van der Waals surface area contributed by atoms with E-state index in [-0.39, 0.29) is 23.5 Å². The van der Waals surface area contributed by atoms with Gasteiger partial charge in [-0.05, 0) is 17.7 Å². The van der Waals surface area contributed by atoms with Gasteiger partial charge >= 0.3 is 5.69 Å². The SMILES string of the molecule is O=[N+]([O-])c1c(Cl)ncnc1NCc1ccc2c(c1)OCO2. The Hall–Kier alpha value is -2.61. The van der Waals surface area contributed by atoms with Gasteiger partial charge < -0.3 is 14.8 Å². The summed E-state index contributed by atoms with van der Waals surface area (Å²) in [6, 6.07) is 5.40. The lowest BCUT2D eigenvalue weighted by Gasteiger charge is -2.07. The van der Waals surface area contributed by atoms with Crippen LogP contribution < -0.4 is 14.8 Å². The van der Waals surface area contributed by atoms with E-state index < -0.39 is 4.92 Å². The van der Waals surface area contributed by atoms with Crippen molar-refractivity contribution in [1.82, 2.24) is 9.97 Å². The van der Waals surface area contributed by atoms with Crippen molar-refractivity contribution in [1.29, 1.82) is 0 Å². The number of ether oxygens (including phenoxy) is 2. The normalized spacial score (nSPS) is 12.2. The standard InChI is InChI=1S/C12H9ClN4O4/c13-11-10(17(18)19)12(16-5-15-11)14-4-7-1-2-8-9(3-7)21-6-20-8/h1-3,5H,4,6H2,(H,14,15,16). The Morgan fingerprint density at radius 3 is 2.95 bits per heavy atom. The minimum Gasteiger partial charge on any atom is -0.454 e. The number of benzene rings is 1. The van der Waals surface area contributed by atoms with E-state index >= 15 is 0 Å². The fourth-order valence-electron chi connectivity index (χ4n) is 1.89. The molecule has 1 aliphatic rings. The molecule has 2 heterocycles. The van der Waals surface area contributed by atoms with Crippen molar-refractivity contribution >= 4 is 23.1 Å². The van der Waals surface area contributed by atoms with Gasteiger partial charge in [0.15, 0.2) is 11.5 Å². The summed E-state index contributed by atoms with van der Waals surface area (Å²) in [5.41, 5.74) is 0.517. The van der Waals surface area contributed by atoms with Gasteiger partial charge in [0.25, 0.3) is 0 Å². The second-order valence-corrected chi connectivity index (χ2v) is 4.52. The third-order valence-electron chi connectivity index (χ3n) is 2.86. The molecule has 108 valence electrons. The van der Waals surface area contributed by atoms with Crippen molar-refractivity contribution in [3.63, 3.8) is 0 Å². The molecule has 3 rings (SSSR count). The number of nitro groups is 1. The summed E-state index contributed by atoms with van der Waals surface area (Å²) in [7, 11) is 0. The lowest BCUT2D eigenvalue weighted by Crippen LogP contribution is -2.05. The van der Waals surface area contributed by atoms with Gasteiger partial charge in [-0.2, -0.15) is 0 Å². The van der Waals surface area contributed by atoms with Gasteiger partial charge in [-0.3, -0.25) is 10.1 Å². The number of anilines is 1. The number of halogens is 1. The highest BCUT2D eigenvalue weighted by molar-refractivity contribution is 6.31. The van der Waals surface area contributed by atoms with Crippen LogP contribution in [-0.2, 0) is 6.54 Å². The van der Waals surface area contributed by atoms with Gasteiger partial charge in [-0.25, -0.2) is 9.97 Å². The molecule has 0 saturated carbocycles. The van der Waals surface area contributed by atoms with Crippen molar-refractivity contribution in [2.75, 3.05) is 12.1 Å². The van der Waals surface area contributed by atoms with Gasteiger partial charge in [-0.1, -0.05) is 17.7 Å². The molecular formula is C12H9ClN4O4. The van der Waals surface area contributed by atoms with E-state index in [1.807, 2.05) is 6.07 Å². The van der Waals surface area contributed by atoms with E-state index in [0.717, 1.165) is 11.9 Å². The molecule has 21 heavy (non-hydrogen) atoms. The molecule has 0 fully saturated rings. The van der Waals surface area contributed by atoms with Crippen LogP contribution in [-0.4, -0.2) is 21.7 Å². The van der Waals surface area contributed by atoms with E-state index in [4.69, 9.17) is 21.1 Å². The minimum absolute atomic E-state index is 0.0673. The third-order valence-corrected chi connectivity index (χ3v) is 3.13. The van der Waals surface area contributed by atoms with Gasteiger partial charge in [-0.15, -0.1) is 0 Å². The fraction of sp³-hybridized carbons (Fsp3) is 0.167. The predicted molar refractivity (Wildman–Crippen MR) is 73.6 cm³/mol. The first-order valence-corrected chi connectivity index (χ1v) is 6.30. The maximum absolute atomic E-state index is 11.0. The number of fused-ring (bicyclic) bond motifs is 1. The molecule has 0 bridgehead atoms. The van der Waals surface area contributed by atoms with Gasteiger partial charge in [0.05, 0.1) is 4.92 Å². The molecular weight excluding hydrogens is 300 g/mol. The van der Waals surface area contributed by atoms with Crippen LogP contribution in [0.15, 0.2) is 24.5 Å². The van der Waals surface area contributed by atoms with Gasteiger partial charge in [0.1, 0.15) is 6.33 Å². The molecule has 1 aliphatic heterocycles. The molecule has 8 nitrogen and oxygen atoms in total. The molecule has 2 aromatic rings. The summed E-state index contributed by atoms with van der Waals surface area (Å²) in [6.07, 6.45) is 1.16. The fourth-order valence-corrected chi connectivity index (χ4v) is 2.09. The zero-order valence-electron chi connectivity index (χ0n) is 10.6. The average Bonchev–Trinajstić information content (AvgIpc) is 2.92. The first kappa shape index (κ1) is 13.4. The molecule has 0 unspecified atom stereocenters. The number of rotatable bonds is 4. The third kappa shape index (κ3) is 2.65. The Bertz CT molecular complexity index is 710. The van der Waals surface area contributed by atoms with E-state index in [0.29, 0.717) is 18.0 Å². The van der Waals surface area contributed by atoms with Crippen LogP contribution in [0, 0.1) is 10.1 Å². The molecule has 0 spiro atoms. The predicted octanol–water partition coefficient (Wildman–Crippen LogP) is 2.38. The Balaban J connectivity index is 1.79. The number of aromatic nitrogens is 2. The quantitative estimate of drug-likeness (QED) is 0.526. The van der Waals surface area contributed by atoms with Crippen molar-refractivity contribution in [2.24, 2.45) is 0 Å². The summed E-state index contributed by atoms with van der Waals surface area (Å²) in [6.45, 7) is 0.518. The van der Waals surface area contributed by atoms with Crippen LogP contribution in [0.2, 0.25) is 5.15 Å². The minimum atomic E-state index is -0.621. The average molecular weight is 309 g/mol. The topological polar surface area (TPSA) is 99.4 Å². The summed E-state index contributed by atoms with van der Waals surface area (Å²) in [5, 5.41) is 13.6. The largest absolute Gasteiger partial charge is 0.454 e. The molecule has 1 aromatic carbocycles. The summed E-state index contributed by atoms with van der Waals surface area (Å²) in [5.74, 6) is 1.39. The van der Waals surface area contributed by atoms with Crippen LogP contribution in [0.25, 0.3) is 0 Å². The highest BCUT2D eigenvalue weighted by Gasteiger charge is 2.21. The molecule has 0 amide bonds. The Labute approximate surface area is 123 Å². The van der Waals surface area contributed by atoms with Gasteiger partial charge in [0.2, 0.25) is 17.8 Å². The number of nitrogens with zero attached hydrogens (tertiary/aromatic N) is 3. The van der Waals surface area contributed by atoms with E-state index in [2.05, 4.69) is 15.3 Å². The Morgan fingerprint density at radius 1 is 1.33 bits per heavy atom. The van der Waals surface area contributed by atoms with Crippen molar-refractivity contribution in [3.8, 4) is 11.5 Å². The van der Waals surface area contributed by atoms with E-state index in [1.54, 1.807) is 12.1 Å². The van der Waals surface area contributed by atoms with Crippen molar-refractivity contribution < 1.29 is 14.4 Å². The van der Waals surface area contributed by atoms with Crippen LogP contribution in [0.5, 0.6) is 11.5 Å². The van der Waals surface area contributed by atoms with Gasteiger partial charge in [0, 0.05) is 6.54 Å². The molecule has 1 N–H and O–H groups in total. The lowest BCUT2D eigenvalue weighted by atomic mass is 10.2. The maximum atomic E-state index is 11.0. The van der Waals surface area contributed by atoms with E-state index in [9.17, 15) is 10.1 Å². The van der Waals surface area contributed by atoms with Crippen molar-refractivity contribution in [2.45, 2.75) is 6.54 Å². The first-order valence-electron chi connectivity index (χ1n) is 5.92. The summed E-state index contributed by atoms with van der Waals surface area (Å²) < 4.78 is 10.5. The summed E-state index contributed by atoms with van der Waals surface area (Å²) >= 11 is 5.71. The second kappa shape index (κ2) is 5.41. The Kier molecular flexibility index (Phi) is 3.44. The molecule has 1 aromatic heterocycles. The second-order valence-electron chi connectivity index (χ2n) is 4.16. The lowest BCUT2D eigenvalue weighted by molar-refractivity contribution is -0.384. The summed E-state index contributed by atoms with van der Waals surface area (Å²) in [4.78, 5) is 17.8. The highest BCUT2D eigenvalue weighted by Crippen LogP contribution is 2.33. The van der Waals surface area contributed by atoms with Crippen LogP contribution >= 0.6 is 11.6 Å². The van der Waals surface area contributed by atoms with E-state index in [1.165, 1.54) is 0 Å². The monoisotopic (exact) mass is 308 g/mol. The smallest absolute Gasteiger partial charge is 0.348 e.